The number of benzene rings is 1. The van der Waals surface area contributed by atoms with Crippen LogP contribution < -0.4 is 20.7 Å². The van der Waals surface area contributed by atoms with Crippen LogP contribution in [0.4, 0.5) is 4.79 Å². The van der Waals surface area contributed by atoms with Crippen LogP contribution in [0.25, 0.3) is 0 Å². The molecular formula is C21H30IN5O3. The summed E-state index contributed by atoms with van der Waals surface area (Å²) in [5, 5.41) is 9.38. The Balaban J connectivity index is 0.00000256. The van der Waals surface area contributed by atoms with E-state index < -0.39 is 0 Å². The van der Waals surface area contributed by atoms with Crippen molar-refractivity contribution in [1.29, 1.82) is 0 Å². The van der Waals surface area contributed by atoms with Gasteiger partial charge < -0.3 is 20.7 Å². The standard InChI is InChI=1S/C21H29N5O3.HI/c1-2-22-19(23-11-12-26-18(27)14-24-20(26)28)25-16-13-21(9-5-6-10-21)29-17-8-4-3-7-15(16)17;/h3-4,7-8,16H,2,5-6,9-14H2,1H3,(H,24,28)(H2,22,23,25);1H. The van der Waals surface area contributed by atoms with Gasteiger partial charge in [0, 0.05) is 18.5 Å². The first-order valence-electron chi connectivity index (χ1n) is 10.5. The summed E-state index contributed by atoms with van der Waals surface area (Å²) in [6.07, 6.45) is 5.48. The second-order valence-electron chi connectivity index (χ2n) is 7.90. The van der Waals surface area contributed by atoms with Crippen molar-refractivity contribution < 1.29 is 14.3 Å². The van der Waals surface area contributed by atoms with Crippen molar-refractivity contribution in [2.75, 3.05) is 26.2 Å². The number of amides is 3. The quantitative estimate of drug-likeness (QED) is 0.237. The molecule has 1 saturated heterocycles. The Morgan fingerprint density at radius 2 is 2.07 bits per heavy atom. The van der Waals surface area contributed by atoms with Crippen molar-refractivity contribution in [3.63, 3.8) is 0 Å². The van der Waals surface area contributed by atoms with Crippen LogP contribution in [0.15, 0.2) is 29.3 Å². The van der Waals surface area contributed by atoms with Crippen LogP contribution in [-0.2, 0) is 4.79 Å². The Morgan fingerprint density at radius 3 is 2.77 bits per heavy atom. The number of fused-ring (bicyclic) bond motifs is 1. The number of hydrogen-bond donors (Lipinski definition) is 3. The number of imide groups is 1. The highest BCUT2D eigenvalue weighted by Gasteiger charge is 2.43. The number of carbonyl (C=O) groups excluding carboxylic acids is 2. The van der Waals surface area contributed by atoms with Gasteiger partial charge in [-0.05, 0) is 38.7 Å². The van der Waals surface area contributed by atoms with Gasteiger partial charge in [0.05, 0.1) is 25.7 Å². The molecule has 3 amide bonds. The van der Waals surface area contributed by atoms with E-state index in [-0.39, 0.29) is 60.6 Å². The van der Waals surface area contributed by atoms with Crippen molar-refractivity contribution in [3.05, 3.63) is 29.8 Å². The average molecular weight is 527 g/mol. The van der Waals surface area contributed by atoms with Gasteiger partial charge in [-0.2, -0.15) is 0 Å². The number of aliphatic imine (C=N–C) groups is 1. The Hall–Kier alpha value is -2.04. The van der Waals surface area contributed by atoms with Crippen LogP contribution in [0.2, 0.25) is 0 Å². The minimum Gasteiger partial charge on any atom is -0.487 e. The number of para-hydroxylation sites is 1. The molecule has 0 aromatic heterocycles. The highest BCUT2D eigenvalue weighted by Crippen LogP contribution is 2.46. The fourth-order valence-electron chi connectivity index (χ4n) is 4.50. The predicted molar refractivity (Wildman–Crippen MR) is 125 cm³/mol. The first kappa shape index (κ1) is 22.6. The van der Waals surface area contributed by atoms with E-state index in [4.69, 9.17) is 4.74 Å². The van der Waals surface area contributed by atoms with Gasteiger partial charge in [-0.3, -0.25) is 14.7 Å². The summed E-state index contributed by atoms with van der Waals surface area (Å²) < 4.78 is 6.44. The molecule has 8 nitrogen and oxygen atoms in total. The number of urea groups is 1. The zero-order valence-electron chi connectivity index (χ0n) is 17.3. The van der Waals surface area contributed by atoms with Crippen molar-refractivity contribution in [3.8, 4) is 5.75 Å². The van der Waals surface area contributed by atoms with Crippen LogP contribution in [0.3, 0.4) is 0 Å². The Morgan fingerprint density at radius 1 is 1.30 bits per heavy atom. The van der Waals surface area contributed by atoms with Crippen LogP contribution in [0.1, 0.15) is 50.6 Å². The third-order valence-electron chi connectivity index (χ3n) is 5.90. The van der Waals surface area contributed by atoms with Crippen LogP contribution >= 0.6 is 24.0 Å². The summed E-state index contributed by atoms with van der Waals surface area (Å²) >= 11 is 0. The number of carbonyl (C=O) groups is 2. The molecule has 164 valence electrons. The average Bonchev–Trinajstić information content (AvgIpc) is 3.29. The van der Waals surface area contributed by atoms with Gasteiger partial charge in [0.25, 0.3) is 0 Å². The lowest BCUT2D eigenvalue weighted by Gasteiger charge is -2.40. The number of rotatable bonds is 5. The smallest absolute Gasteiger partial charge is 0.324 e. The number of nitrogens with one attached hydrogen (secondary N) is 3. The minimum atomic E-state index is -0.343. The topological polar surface area (TPSA) is 95.1 Å². The highest BCUT2D eigenvalue weighted by molar-refractivity contribution is 14.0. The number of nitrogens with zero attached hydrogens (tertiary/aromatic N) is 2. The van der Waals surface area contributed by atoms with Gasteiger partial charge in [-0.25, -0.2) is 4.79 Å². The normalized spacial score (nSPS) is 22.2. The van der Waals surface area contributed by atoms with Gasteiger partial charge in [0.1, 0.15) is 11.4 Å². The lowest BCUT2D eigenvalue weighted by molar-refractivity contribution is -0.124. The van der Waals surface area contributed by atoms with Crippen molar-refractivity contribution >= 4 is 41.9 Å². The van der Waals surface area contributed by atoms with Gasteiger partial charge in [-0.15, -0.1) is 24.0 Å². The maximum Gasteiger partial charge on any atom is 0.324 e. The van der Waals surface area contributed by atoms with Crippen LogP contribution in [0.5, 0.6) is 5.75 Å². The molecule has 4 rings (SSSR count). The molecule has 0 radical (unpaired) electrons. The molecule has 1 aromatic carbocycles. The highest BCUT2D eigenvalue weighted by atomic mass is 127. The van der Waals surface area contributed by atoms with E-state index in [0.29, 0.717) is 12.5 Å². The van der Waals surface area contributed by atoms with E-state index in [1.54, 1.807) is 0 Å². The number of ether oxygens (including phenoxy) is 1. The predicted octanol–water partition coefficient (Wildman–Crippen LogP) is 2.55. The molecule has 2 aliphatic heterocycles. The molecule has 30 heavy (non-hydrogen) atoms. The lowest BCUT2D eigenvalue weighted by Crippen LogP contribution is -2.47. The maximum absolute atomic E-state index is 11.7. The molecule has 1 aromatic rings. The number of halogens is 1. The Labute approximate surface area is 194 Å². The molecule has 2 heterocycles. The maximum atomic E-state index is 11.7. The molecule has 3 N–H and O–H groups in total. The van der Waals surface area contributed by atoms with E-state index in [2.05, 4.69) is 27.0 Å². The summed E-state index contributed by atoms with van der Waals surface area (Å²) in [4.78, 5) is 29.2. The van der Waals surface area contributed by atoms with E-state index in [1.807, 2.05) is 25.1 Å². The molecule has 1 saturated carbocycles. The molecule has 3 aliphatic rings. The van der Waals surface area contributed by atoms with E-state index in [0.717, 1.165) is 37.1 Å². The summed E-state index contributed by atoms with van der Waals surface area (Å²) in [6, 6.07) is 7.96. The zero-order valence-corrected chi connectivity index (χ0v) is 19.6. The summed E-state index contributed by atoms with van der Waals surface area (Å²) in [5.74, 6) is 1.44. The zero-order chi connectivity index (χ0) is 20.3. The SMILES string of the molecule is CCNC(=NCCN1C(=O)CNC1=O)NC1CC2(CCCC2)Oc2ccccc21.I. The molecule has 1 unspecified atom stereocenters. The molecule has 2 fully saturated rings. The lowest BCUT2D eigenvalue weighted by atomic mass is 9.86. The molecule has 1 atom stereocenters. The van der Waals surface area contributed by atoms with E-state index >= 15 is 0 Å². The minimum absolute atomic E-state index is 0. The van der Waals surface area contributed by atoms with Crippen molar-refractivity contribution in [2.45, 2.75) is 50.7 Å². The number of hydrogen-bond acceptors (Lipinski definition) is 4. The van der Waals surface area contributed by atoms with E-state index in [9.17, 15) is 9.59 Å². The van der Waals surface area contributed by atoms with Gasteiger partial charge in [0.2, 0.25) is 5.91 Å². The fourth-order valence-corrected chi connectivity index (χ4v) is 4.50. The van der Waals surface area contributed by atoms with E-state index in [1.165, 1.54) is 17.7 Å². The molecule has 0 bridgehead atoms. The van der Waals surface area contributed by atoms with Gasteiger partial charge in [-0.1, -0.05) is 18.2 Å². The third kappa shape index (κ3) is 4.81. The van der Waals surface area contributed by atoms with Crippen molar-refractivity contribution in [1.82, 2.24) is 20.9 Å². The Kier molecular flexibility index (Phi) is 7.43. The molecular weight excluding hydrogens is 497 g/mol. The second-order valence-corrected chi connectivity index (χ2v) is 7.90. The largest absolute Gasteiger partial charge is 0.487 e. The summed E-state index contributed by atoms with van der Waals surface area (Å²) in [6.45, 7) is 3.44. The van der Waals surface area contributed by atoms with Gasteiger partial charge >= 0.3 is 6.03 Å². The molecule has 1 aliphatic carbocycles. The van der Waals surface area contributed by atoms with Crippen molar-refractivity contribution in [2.24, 2.45) is 4.99 Å². The first-order valence-corrected chi connectivity index (χ1v) is 10.5. The first-order chi connectivity index (χ1) is 14.1. The third-order valence-corrected chi connectivity index (χ3v) is 5.90. The Bertz CT molecular complexity index is 794. The van der Waals surface area contributed by atoms with Gasteiger partial charge in [0.15, 0.2) is 5.96 Å². The van der Waals surface area contributed by atoms with Crippen LogP contribution in [-0.4, -0.2) is 54.6 Å². The second kappa shape index (κ2) is 9.84. The monoisotopic (exact) mass is 527 g/mol. The molecule has 9 heteroatoms. The molecule has 1 spiro atoms. The number of guanidine groups is 1. The summed E-state index contributed by atoms with van der Waals surface area (Å²) in [5.41, 5.74) is 1.05. The fraction of sp³-hybridized carbons (Fsp3) is 0.571. The summed E-state index contributed by atoms with van der Waals surface area (Å²) in [7, 11) is 0. The van der Waals surface area contributed by atoms with Crippen LogP contribution in [0, 0.1) is 0 Å².